The normalized spacial score (nSPS) is 12.9. The maximum absolute atomic E-state index is 12.4. The van der Waals surface area contributed by atoms with Gasteiger partial charge in [-0.15, -0.1) is 0 Å². The number of carbonyl (C=O) groups is 3. The molecule has 1 aliphatic carbocycles. The predicted octanol–water partition coefficient (Wildman–Crippen LogP) is 1.97. The number of methoxy groups -OCH3 is 1. The van der Waals surface area contributed by atoms with Crippen LogP contribution >= 0.6 is 0 Å². The van der Waals surface area contributed by atoms with E-state index in [1.165, 1.54) is 32.2 Å². The number of Topliss-reactive ketones (excluding diaryl/α,β-unsaturated/α-hetero) is 1. The van der Waals surface area contributed by atoms with Crippen molar-refractivity contribution in [2.75, 3.05) is 7.11 Å². The molecule has 6 heteroatoms. The van der Waals surface area contributed by atoms with E-state index in [1.54, 1.807) is 0 Å². The molecule has 0 saturated heterocycles. The van der Waals surface area contributed by atoms with Crippen LogP contribution in [-0.2, 0) is 0 Å². The molecule has 1 N–H and O–H groups in total. The first-order valence-corrected chi connectivity index (χ1v) is 6.09. The van der Waals surface area contributed by atoms with Crippen molar-refractivity contribution in [1.82, 2.24) is 0 Å². The van der Waals surface area contributed by atoms with Gasteiger partial charge in [0.05, 0.1) is 18.2 Å². The van der Waals surface area contributed by atoms with Crippen molar-refractivity contribution < 1.29 is 28.6 Å². The second-order valence-electron chi connectivity index (χ2n) is 4.61. The average Bonchev–Trinajstić information content (AvgIpc) is 2.90. The Morgan fingerprint density at radius 2 is 1.90 bits per heavy atom. The van der Waals surface area contributed by atoms with Gasteiger partial charge in [0.25, 0.3) is 0 Å². The van der Waals surface area contributed by atoms with E-state index in [-0.39, 0.29) is 34.0 Å². The summed E-state index contributed by atoms with van der Waals surface area (Å²) in [6.07, 6.45) is 0. The molecule has 106 valence electrons. The minimum absolute atomic E-state index is 0.0299. The van der Waals surface area contributed by atoms with Crippen LogP contribution in [0, 0.1) is 0 Å². The number of aromatic hydroxyl groups is 1. The molecular weight excluding hydrogens is 276 g/mol. The van der Waals surface area contributed by atoms with Gasteiger partial charge in [0, 0.05) is 12.5 Å². The van der Waals surface area contributed by atoms with Crippen LogP contribution in [0.3, 0.4) is 0 Å². The van der Waals surface area contributed by atoms with Crippen molar-refractivity contribution in [1.29, 1.82) is 0 Å². The molecule has 1 heterocycles. The summed E-state index contributed by atoms with van der Waals surface area (Å²) < 4.78 is 10.1. The molecule has 0 bridgehead atoms. The fourth-order valence-electron chi connectivity index (χ4n) is 2.32. The average molecular weight is 286 g/mol. The molecule has 1 aliphatic rings. The molecule has 0 saturated carbocycles. The monoisotopic (exact) mass is 286 g/mol. The smallest absolute Gasteiger partial charge is 0.233 e. The van der Waals surface area contributed by atoms with Crippen LogP contribution in [0.1, 0.15) is 49.5 Å². The summed E-state index contributed by atoms with van der Waals surface area (Å²) in [5, 5.41) is 10.1. The van der Waals surface area contributed by atoms with Crippen LogP contribution < -0.4 is 4.74 Å². The third-order valence-electron chi connectivity index (χ3n) is 3.36. The lowest BCUT2D eigenvalue weighted by Gasteiger charge is -2.15. The number of carbonyl (C=O) groups excluding carboxylic acids is 3. The summed E-state index contributed by atoms with van der Waals surface area (Å²) in [6.45, 7) is 1.27. The molecule has 0 atom stereocenters. The Balaban J connectivity index is 2.28. The lowest BCUT2D eigenvalue weighted by atomic mass is 9.87. The van der Waals surface area contributed by atoms with Gasteiger partial charge in [-0.3, -0.25) is 14.4 Å². The van der Waals surface area contributed by atoms with E-state index in [9.17, 15) is 19.5 Å². The van der Waals surface area contributed by atoms with E-state index in [4.69, 9.17) is 9.15 Å². The first-order valence-electron chi connectivity index (χ1n) is 6.09. The van der Waals surface area contributed by atoms with Crippen molar-refractivity contribution in [3.63, 3.8) is 0 Å². The highest BCUT2D eigenvalue weighted by Gasteiger charge is 2.37. The number of benzene rings is 1. The van der Waals surface area contributed by atoms with Crippen molar-refractivity contribution >= 4 is 17.3 Å². The topological polar surface area (TPSA) is 93.8 Å². The Morgan fingerprint density at radius 3 is 2.52 bits per heavy atom. The van der Waals surface area contributed by atoms with Crippen LogP contribution in [0.4, 0.5) is 0 Å². The SMILES string of the molecule is COc1ccc2c(c1O)C(=O)c1oc(C(C)=O)cc1C2=O. The maximum atomic E-state index is 12.4. The molecule has 3 rings (SSSR count). The molecule has 0 radical (unpaired) electrons. The number of phenolic OH excluding ortho intramolecular Hbond substituents is 1. The van der Waals surface area contributed by atoms with Gasteiger partial charge in [-0.1, -0.05) is 0 Å². The largest absolute Gasteiger partial charge is 0.504 e. The van der Waals surface area contributed by atoms with E-state index in [1.807, 2.05) is 0 Å². The number of furan rings is 1. The van der Waals surface area contributed by atoms with Crippen LogP contribution in [0.2, 0.25) is 0 Å². The third-order valence-corrected chi connectivity index (χ3v) is 3.36. The zero-order valence-corrected chi connectivity index (χ0v) is 11.2. The summed E-state index contributed by atoms with van der Waals surface area (Å²) in [5.41, 5.74) is -0.0831. The van der Waals surface area contributed by atoms with Gasteiger partial charge >= 0.3 is 0 Å². The molecule has 0 amide bonds. The molecule has 0 aliphatic heterocycles. The Labute approximate surface area is 118 Å². The number of ketones is 3. The van der Waals surface area contributed by atoms with Crippen molar-refractivity contribution in [2.24, 2.45) is 0 Å². The van der Waals surface area contributed by atoms with Crippen LogP contribution in [0.15, 0.2) is 22.6 Å². The zero-order chi connectivity index (χ0) is 15.3. The molecule has 0 fully saturated rings. The summed E-state index contributed by atoms with van der Waals surface area (Å²) >= 11 is 0. The third kappa shape index (κ3) is 1.69. The molecule has 0 spiro atoms. The van der Waals surface area contributed by atoms with E-state index >= 15 is 0 Å². The van der Waals surface area contributed by atoms with Crippen LogP contribution in [0.5, 0.6) is 11.5 Å². The molecular formula is C15H10O6. The first-order chi connectivity index (χ1) is 9.95. The molecule has 2 aromatic rings. The highest BCUT2D eigenvalue weighted by Crippen LogP contribution is 2.39. The van der Waals surface area contributed by atoms with Gasteiger partial charge in [0.2, 0.25) is 5.78 Å². The summed E-state index contributed by atoms with van der Waals surface area (Å²) in [5.74, 6) is -2.16. The van der Waals surface area contributed by atoms with Crippen molar-refractivity contribution in [3.05, 3.63) is 46.4 Å². The number of hydrogen-bond donors (Lipinski definition) is 1. The lowest BCUT2D eigenvalue weighted by molar-refractivity contribution is 0.0945. The Morgan fingerprint density at radius 1 is 1.19 bits per heavy atom. The second kappa shape index (κ2) is 4.31. The van der Waals surface area contributed by atoms with Gasteiger partial charge in [-0.05, 0) is 18.2 Å². The van der Waals surface area contributed by atoms with E-state index in [0.717, 1.165) is 0 Å². The lowest BCUT2D eigenvalue weighted by Crippen LogP contribution is -2.19. The minimum Gasteiger partial charge on any atom is -0.504 e. The van der Waals surface area contributed by atoms with Crippen LogP contribution in [-0.4, -0.2) is 29.6 Å². The molecule has 1 aromatic carbocycles. The standard InChI is InChI=1S/C15H10O6/c1-6(16)10-5-8-12(17)7-3-4-9(20-2)13(18)11(7)14(19)15(8)21-10/h3-5,18H,1-2H3. The number of phenols is 1. The molecule has 0 unspecified atom stereocenters. The van der Waals surface area contributed by atoms with E-state index in [0.29, 0.717) is 0 Å². The maximum Gasteiger partial charge on any atom is 0.233 e. The van der Waals surface area contributed by atoms with E-state index in [2.05, 4.69) is 0 Å². The molecule has 21 heavy (non-hydrogen) atoms. The number of hydrogen-bond acceptors (Lipinski definition) is 6. The van der Waals surface area contributed by atoms with Gasteiger partial charge in [0.15, 0.2) is 34.6 Å². The highest BCUT2D eigenvalue weighted by molar-refractivity contribution is 6.29. The van der Waals surface area contributed by atoms with Crippen LogP contribution in [0.25, 0.3) is 0 Å². The summed E-state index contributed by atoms with van der Waals surface area (Å²) in [6, 6.07) is 4.05. The first kappa shape index (κ1) is 13.1. The highest BCUT2D eigenvalue weighted by atomic mass is 16.5. The fraction of sp³-hybridized carbons (Fsp3) is 0.133. The van der Waals surface area contributed by atoms with Gasteiger partial charge < -0.3 is 14.3 Å². The predicted molar refractivity (Wildman–Crippen MR) is 70.2 cm³/mol. The number of rotatable bonds is 2. The Kier molecular flexibility index (Phi) is 2.69. The molecule has 1 aromatic heterocycles. The number of fused-ring (bicyclic) bond motifs is 2. The zero-order valence-electron chi connectivity index (χ0n) is 11.2. The van der Waals surface area contributed by atoms with Gasteiger partial charge in [-0.25, -0.2) is 0 Å². The Hall–Kier alpha value is -2.89. The minimum atomic E-state index is -0.650. The quantitative estimate of drug-likeness (QED) is 0.724. The van der Waals surface area contributed by atoms with Gasteiger partial charge in [-0.2, -0.15) is 0 Å². The Bertz CT molecular complexity index is 812. The summed E-state index contributed by atoms with van der Waals surface area (Å²) in [4.78, 5) is 36.1. The van der Waals surface area contributed by atoms with E-state index < -0.39 is 23.1 Å². The number of ether oxygens (including phenoxy) is 1. The van der Waals surface area contributed by atoms with Gasteiger partial charge in [0.1, 0.15) is 0 Å². The fourth-order valence-corrected chi connectivity index (χ4v) is 2.32. The molecule has 6 nitrogen and oxygen atoms in total. The summed E-state index contributed by atoms with van der Waals surface area (Å²) in [7, 11) is 1.34. The second-order valence-corrected chi connectivity index (χ2v) is 4.61. The van der Waals surface area contributed by atoms with Crippen molar-refractivity contribution in [3.8, 4) is 11.5 Å². The van der Waals surface area contributed by atoms with Crippen molar-refractivity contribution in [2.45, 2.75) is 6.92 Å².